The van der Waals surface area contributed by atoms with Crippen molar-refractivity contribution in [3.63, 3.8) is 0 Å². The fraction of sp³-hybridized carbons (Fsp3) is 0.211. The average molecular weight is 432 g/mol. The molecule has 2 aromatic carbocycles. The number of nitrogens with two attached hydrogens (primary N) is 1. The van der Waals surface area contributed by atoms with Gasteiger partial charge in [0.15, 0.2) is 5.69 Å². The number of thiocarbonyl (C=S) groups is 1. The van der Waals surface area contributed by atoms with E-state index < -0.39 is 10.0 Å². The topological polar surface area (TPSA) is 133 Å². The fourth-order valence-corrected chi connectivity index (χ4v) is 3.38. The number of primary sulfonamides is 1. The van der Waals surface area contributed by atoms with E-state index in [-0.39, 0.29) is 21.3 Å². The Kier molecular flexibility index (Phi) is 5.44. The summed E-state index contributed by atoms with van der Waals surface area (Å²) in [4.78, 5) is 2.86. The number of anilines is 1. The minimum atomic E-state index is -3.76. The number of nitrogens with zero attached hydrogens (tertiary/aromatic N) is 2. The first-order valence-corrected chi connectivity index (χ1v) is 10.6. The van der Waals surface area contributed by atoms with Crippen molar-refractivity contribution in [1.82, 2.24) is 4.98 Å². The third kappa shape index (κ3) is 4.78. The van der Waals surface area contributed by atoms with E-state index in [0.717, 1.165) is 16.5 Å². The van der Waals surface area contributed by atoms with E-state index in [1.54, 1.807) is 0 Å². The lowest BCUT2D eigenvalue weighted by Crippen LogP contribution is -2.12. The van der Waals surface area contributed by atoms with Gasteiger partial charge in [-0.2, -0.15) is 0 Å². The molecule has 0 saturated carbocycles. The molecule has 0 unspecified atom stereocenters. The molecule has 10 heteroatoms. The first-order valence-electron chi connectivity index (χ1n) is 8.66. The van der Waals surface area contributed by atoms with Crippen molar-refractivity contribution in [2.75, 3.05) is 5.32 Å². The van der Waals surface area contributed by atoms with E-state index in [1.165, 1.54) is 24.3 Å². The van der Waals surface area contributed by atoms with Crippen molar-refractivity contribution in [3.8, 4) is 5.88 Å². The van der Waals surface area contributed by atoms with Gasteiger partial charge in [-0.1, -0.05) is 26.8 Å². The van der Waals surface area contributed by atoms with Gasteiger partial charge in [0, 0.05) is 11.1 Å². The molecular weight excluding hydrogens is 410 g/mol. The number of hydrogen-bond acceptors (Lipinski definition) is 5. The Hall–Kier alpha value is -2.82. The highest BCUT2D eigenvalue weighted by Gasteiger charge is 2.17. The Morgan fingerprint density at radius 2 is 1.83 bits per heavy atom. The molecule has 0 fully saturated rings. The van der Waals surface area contributed by atoms with Gasteiger partial charge in [-0.05, 0) is 59.6 Å². The van der Waals surface area contributed by atoms with Gasteiger partial charge in [0.2, 0.25) is 21.0 Å². The van der Waals surface area contributed by atoms with Crippen LogP contribution in [0.5, 0.6) is 5.88 Å². The van der Waals surface area contributed by atoms with Gasteiger partial charge in [-0.25, -0.2) is 13.6 Å². The zero-order valence-corrected chi connectivity index (χ0v) is 17.7. The third-order valence-corrected chi connectivity index (χ3v) is 5.41. The molecule has 1 aromatic heterocycles. The van der Waals surface area contributed by atoms with Crippen LogP contribution in [0.25, 0.3) is 10.9 Å². The molecule has 0 atom stereocenters. The number of aromatic amines is 1. The van der Waals surface area contributed by atoms with Gasteiger partial charge in [-0.3, -0.25) is 0 Å². The van der Waals surface area contributed by atoms with E-state index in [2.05, 4.69) is 41.3 Å². The Morgan fingerprint density at radius 3 is 2.41 bits per heavy atom. The van der Waals surface area contributed by atoms with Crippen molar-refractivity contribution in [2.45, 2.75) is 31.1 Å². The van der Waals surface area contributed by atoms with Crippen LogP contribution < -0.4 is 10.5 Å². The maximum Gasteiger partial charge on any atom is 0.238 e. The molecule has 1 heterocycles. The minimum absolute atomic E-state index is 0.00559. The highest BCUT2D eigenvalue weighted by atomic mass is 32.2. The maximum atomic E-state index is 11.3. The molecule has 0 spiro atoms. The van der Waals surface area contributed by atoms with Crippen molar-refractivity contribution < 1.29 is 13.5 Å². The van der Waals surface area contributed by atoms with Crippen LogP contribution >= 0.6 is 12.2 Å². The summed E-state index contributed by atoms with van der Waals surface area (Å²) < 4.78 is 22.6. The van der Waals surface area contributed by atoms with Crippen LogP contribution in [0.15, 0.2) is 57.6 Å². The number of nitrogens with one attached hydrogen (secondary N) is 2. The zero-order valence-electron chi connectivity index (χ0n) is 16.1. The van der Waals surface area contributed by atoms with Crippen molar-refractivity contribution in [1.29, 1.82) is 0 Å². The van der Waals surface area contributed by atoms with Crippen LogP contribution in [0.2, 0.25) is 0 Å². The highest BCUT2D eigenvalue weighted by Crippen LogP contribution is 2.37. The number of aromatic nitrogens is 1. The lowest BCUT2D eigenvalue weighted by molar-refractivity contribution is 0.459. The molecular formula is C19H21N5O3S2. The standard InChI is InChI=1S/C19H21N5O3S2/c1-19(2,3)11-4-9-15-14(10-11)16(17(25)22-15)23-24-18(28)21-12-5-7-13(8-6-12)29(20,26)27/h4-10,22,25H,1-3H3,(H,21,28)(H2,20,26,27). The minimum Gasteiger partial charge on any atom is -0.493 e. The molecule has 8 nitrogen and oxygen atoms in total. The van der Waals surface area contributed by atoms with E-state index in [4.69, 9.17) is 17.4 Å². The van der Waals surface area contributed by atoms with E-state index in [9.17, 15) is 13.5 Å². The monoisotopic (exact) mass is 431 g/mol. The summed E-state index contributed by atoms with van der Waals surface area (Å²) in [6.07, 6.45) is 0. The molecule has 0 aliphatic heterocycles. The molecule has 3 rings (SSSR count). The maximum absolute atomic E-state index is 11.3. The Bertz CT molecular complexity index is 1210. The summed E-state index contributed by atoms with van der Waals surface area (Å²) in [5.74, 6) is -0.102. The highest BCUT2D eigenvalue weighted by molar-refractivity contribution is 7.89. The van der Waals surface area contributed by atoms with Gasteiger partial charge in [-0.15, -0.1) is 10.2 Å². The predicted octanol–water partition coefficient (Wildman–Crippen LogP) is 4.30. The average Bonchev–Trinajstić information content (AvgIpc) is 2.93. The Balaban J connectivity index is 1.83. The van der Waals surface area contributed by atoms with Gasteiger partial charge < -0.3 is 15.4 Å². The first kappa shape index (κ1) is 20.9. The second-order valence-corrected chi connectivity index (χ2v) is 9.48. The van der Waals surface area contributed by atoms with E-state index in [1.807, 2.05) is 18.2 Å². The van der Waals surface area contributed by atoms with Crippen LogP contribution in [0.3, 0.4) is 0 Å². The normalized spacial score (nSPS) is 12.6. The van der Waals surface area contributed by atoms with Gasteiger partial charge in [0.25, 0.3) is 0 Å². The molecule has 0 aliphatic carbocycles. The second kappa shape index (κ2) is 7.54. The summed E-state index contributed by atoms with van der Waals surface area (Å²) in [5.41, 5.74) is 2.59. The number of benzene rings is 2. The summed E-state index contributed by atoms with van der Waals surface area (Å²) in [6.45, 7) is 6.30. The Morgan fingerprint density at radius 1 is 1.17 bits per heavy atom. The van der Waals surface area contributed by atoms with Crippen LogP contribution in [-0.2, 0) is 15.4 Å². The molecule has 29 heavy (non-hydrogen) atoms. The number of sulfonamides is 1. The van der Waals surface area contributed by atoms with Crippen LogP contribution in [0.1, 0.15) is 26.3 Å². The number of hydrogen-bond donors (Lipinski definition) is 4. The number of aromatic hydroxyl groups is 1. The quantitative estimate of drug-likeness (QED) is 0.362. The molecule has 0 radical (unpaired) electrons. The van der Waals surface area contributed by atoms with E-state index in [0.29, 0.717) is 11.4 Å². The van der Waals surface area contributed by atoms with Crippen LogP contribution in [0.4, 0.5) is 11.4 Å². The SMILES string of the molecule is CC(C)(C)c1ccc2[nH]c(O)c(N=NC(=S)Nc3ccc(S(N)(=O)=O)cc3)c2c1. The first-order chi connectivity index (χ1) is 13.4. The molecule has 152 valence electrons. The summed E-state index contributed by atoms with van der Waals surface area (Å²) in [7, 11) is -3.76. The van der Waals surface area contributed by atoms with E-state index >= 15 is 0 Å². The number of rotatable bonds is 3. The fourth-order valence-electron chi connectivity index (χ4n) is 2.70. The smallest absolute Gasteiger partial charge is 0.238 e. The summed E-state index contributed by atoms with van der Waals surface area (Å²) >= 11 is 5.16. The van der Waals surface area contributed by atoms with Crippen molar-refractivity contribution in [3.05, 3.63) is 48.0 Å². The number of azo groups is 1. The number of H-pyrrole nitrogens is 1. The zero-order chi connectivity index (χ0) is 21.4. The largest absolute Gasteiger partial charge is 0.493 e. The van der Waals surface area contributed by atoms with Gasteiger partial charge in [0.05, 0.1) is 10.4 Å². The molecule has 0 saturated heterocycles. The third-order valence-electron chi connectivity index (χ3n) is 4.29. The predicted molar refractivity (Wildman–Crippen MR) is 117 cm³/mol. The van der Waals surface area contributed by atoms with Gasteiger partial charge >= 0.3 is 0 Å². The molecule has 3 aromatic rings. The van der Waals surface area contributed by atoms with Crippen molar-refractivity contribution >= 4 is 49.6 Å². The van der Waals surface area contributed by atoms with Crippen molar-refractivity contribution in [2.24, 2.45) is 15.4 Å². The Labute approximate surface area is 173 Å². The van der Waals surface area contributed by atoms with Crippen LogP contribution in [0, 0.1) is 0 Å². The molecule has 0 aliphatic rings. The lowest BCUT2D eigenvalue weighted by Gasteiger charge is -2.18. The summed E-state index contributed by atoms with van der Waals surface area (Å²) in [6, 6.07) is 11.6. The number of fused-ring (bicyclic) bond motifs is 1. The molecule has 0 amide bonds. The lowest BCUT2D eigenvalue weighted by atomic mass is 9.86. The van der Waals surface area contributed by atoms with Gasteiger partial charge in [0.1, 0.15) is 0 Å². The second-order valence-electron chi connectivity index (χ2n) is 7.53. The molecule has 5 N–H and O–H groups in total. The summed E-state index contributed by atoms with van der Waals surface area (Å²) in [5, 5.41) is 26.9. The molecule has 0 bridgehead atoms. The van der Waals surface area contributed by atoms with Crippen LogP contribution in [-0.4, -0.2) is 23.6 Å².